The largest absolute Gasteiger partial charge is 1.00 e. The molecule has 0 bridgehead atoms. The Morgan fingerprint density at radius 1 is 0.846 bits per heavy atom. The summed E-state index contributed by atoms with van der Waals surface area (Å²) in [6.07, 6.45) is 20.0. The van der Waals surface area contributed by atoms with Crippen molar-refractivity contribution >= 4 is 11.8 Å². The quantitative estimate of drug-likeness (QED) is 0.188. The second kappa shape index (κ2) is 19.2. The van der Waals surface area contributed by atoms with Gasteiger partial charge in [0.05, 0.1) is 0 Å². The fourth-order valence-electron chi connectivity index (χ4n) is 2.72. The molecule has 0 spiro atoms. The minimum Gasteiger partial charge on any atom is -1.00 e. The van der Waals surface area contributed by atoms with E-state index in [0.29, 0.717) is 6.42 Å². The fraction of sp³-hybridized carbons (Fsp3) is 0.810. The van der Waals surface area contributed by atoms with Gasteiger partial charge < -0.3 is 11.6 Å². The van der Waals surface area contributed by atoms with Gasteiger partial charge in [-0.15, -0.1) is 0 Å². The Morgan fingerprint density at radius 3 is 1.73 bits per heavy atom. The van der Waals surface area contributed by atoms with Crippen LogP contribution >= 0.6 is 0 Å². The predicted molar refractivity (Wildman–Crippen MR) is 104 cm³/mol. The number of carboxylic acids is 1. The van der Waals surface area contributed by atoms with Crippen molar-refractivity contribution in [3.63, 3.8) is 0 Å². The van der Waals surface area contributed by atoms with Gasteiger partial charge in [0, 0.05) is 6.42 Å². The van der Waals surface area contributed by atoms with E-state index in [-0.39, 0.29) is 76.7 Å². The summed E-state index contributed by atoms with van der Waals surface area (Å²) in [6.45, 7) is 3.29. The smallest absolute Gasteiger partial charge is 1.00 e. The number of hydrogen-bond acceptors (Lipinski definition) is 3. The molecule has 0 aliphatic heterocycles. The molecule has 1 atom stereocenters. The molecule has 0 saturated carbocycles. The zero-order chi connectivity index (χ0) is 19.0. The van der Waals surface area contributed by atoms with Crippen LogP contribution in [0.2, 0.25) is 0 Å². The molecule has 148 valence electrons. The maximum absolute atomic E-state index is 11.6. The third kappa shape index (κ3) is 15.9. The van der Waals surface area contributed by atoms with Gasteiger partial charge in [-0.05, 0) is 39.0 Å². The van der Waals surface area contributed by atoms with Crippen LogP contribution in [0.5, 0.6) is 0 Å². The number of unbranched alkanes of at least 4 members (excludes halogenated alkanes) is 11. The van der Waals surface area contributed by atoms with Gasteiger partial charge in [0.2, 0.25) is 5.60 Å². The summed E-state index contributed by atoms with van der Waals surface area (Å²) in [5.74, 6) is -2.07. The normalized spacial score (nSPS) is 13.3. The summed E-state index contributed by atoms with van der Waals surface area (Å²) in [5.41, 5.74) is -2.24. The van der Waals surface area contributed by atoms with Crippen LogP contribution in [0.3, 0.4) is 0 Å². The van der Waals surface area contributed by atoms with E-state index in [9.17, 15) is 14.7 Å². The van der Waals surface area contributed by atoms with Crippen LogP contribution in [0.4, 0.5) is 0 Å². The van der Waals surface area contributed by atoms with E-state index >= 15 is 0 Å². The maximum Gasteiger partial charge on any atom is 1.00 e. The average Bonchev–Trinajstić information content (AvgIpc) is 2.57. The van der Waals surface area contributed by atoms with Crippen LogP contribution in [-0.2, 0) is 9.59 Å². The molecule has 0 aromatic carbocycles. The summed E-state index contributed by atoms with van der Waals surface area (Å²) in [7, 11) is 0. The van der Waals surface area contributed by atoms with E-state index < -0.39 is 17.4 Å². The molecule has 0 aliphatic carbocycles. The average molecular weight is 488 g/mol. The van der Waals surface area contributed by atoms with Gasteiger partial charge in [-0.1, -0.05) is 70.4 Å². The van der Waals surface area contributed by atoms with Gasteiger partial charge >= 0.3 is 74.9 Å². The van der Waals surface area contributed by atoms with E-state index in [1.165, 1.54) is 44.9 Å². The summed E-state index contributed by atoms with van der Waals surface area (Å²) < 4.78 is 0. The van der Waals surface area contributed by atoms with Crippen molar-refractivity contribution in [2.24, 2.45) is 0 Å². The molecule has 5 heteroatoms. The van der Waals surface area contributed by atoms with Gasteiger partial charge in [-0.3, -0.25) is 4.79 Å². The number of aliphatic carboxylic acids is 1. The molecule has 26 heavy (non-hydrogen) atoms. The first-order chi connectivity index (χ1) is 11.9. The van der Waals surface area contributed by atoms with Crippen LogP contribution in [0.1, 0.15) is 105 Å². The van der Waals surface area contributed by atoms with Crippen LogP contribution in [0, 0.1) is 0 Å². The van der Waals surface area contributed by atoms with Crippen molar-refractivity contribution in [3.8, 4) is 0 Å². The number of allylic oxidation sites excluding steroid dienone is 2. The topological polar surface area (TPSA) is 74.6 Å². The molecule has 0 saturated heterocycles. The molecule has 0 aliphatic rings. The number of Topliss-reactive ketones (excluding diaryl/α,β-unsaturated/α-hetero) is 1. The summed E-state index contributed by atoms with van der Waals surface area (Å²) in [4.78, 5) is 22.3. The fourth-order valence-corrected chi connectivity index (χ4v) is 2.72. The molecule has 0 fully saturated rings. The Hall–Kier alpha value is 0.892. The number of ketones is 1. The summed E-state index contributed by atoms with van der Waals surface area (Å²) in [6, 6.07) is 0. The van der Waals surface area contributed by atoms with E-state index in [2.05, 4.69) is 19.1 Å². The Labute approximate surface area is 220 Å². The molecule has 1 unspecified atom stereocenters. The second-order valence-electron chi connectivity index (χ2n) is 7.13. The van der Waals surface area contributed by atoms with Crippen molar-refractivity contribution < 1.29 is 90.1 Å². The minimum atomic E-state index is -2.24. The Kier molecular flexibility index (Phi) is 21.5. The second-order valence-corrected chi connectivity index (χ2v) is 7.13. The van der Waals surface area contributed by atoms with Gasteiger partial charge in [0.25, 0.3) is 0 Å². The van der Waals surface area contributed by atoms with Crippen molar-refractivity contribution in [1.82, 2.24) is 0 Å². The number of rotatable bonds is 17. The first kappa shape index (κ1) is 29.1. The van der Waals surface area contributed by atoms with E-state index in [1.807, 2.05) is 0 Å². The number of carbonyl (C=O) groups is 2. The zero-order valence-electron chi connectivity index (χ0n) is 18.3. The molecule has 0 heterocycles. The predicted octanol–water partition coefficient (Wildman–Crippen LogP) is 2.55. The Bertz CT molecular complexity index is 398. The van der Waals surface area contributed by atoms with Crippen molar-refractivity contribution in [2.45, 2.75) is 109 Å². The monoisotopic (exact) mass is 488 g/mol. The third-order valence-electron chi connectivity index (χ3n) is 4.63. The maximum atomic E-state index is 11.6. The standard InChI is InChI=1S/C21H38O4.Cs.H/c1-3-4-5-6-7-8-9-10-11-12-13-14-15-16-17-18-19(22)21(2,25)20(23)24;;/h10-11,25H,3-9,12-18H2,1-2H3,(H,23,24);;/q;+1;-1/b11-10-;;. The van der Waals surface area contributed by atoms with Crippen LogP contribution in [-0.4, -0.2) is 27.6 Å². The Morgan fingerprint density at radius 2 is 1.27 bits per heavy atom. The van der Waals surface area contributed by atoms with Crippen LogP contribution < -0.4 is 68.9 Å². The molecule has 0 aromatic rings. The number of carbonyl (C=O) groups excluding carboxylic acids is 1. The first-order valence-corrected chi connectivity index (χ1v) is 10.1. The summed E-state index contributed by atoms with van der Waals surface area (Å²) in [5, 5.41) is 18.3. The van der Waals surface area contributed by atoms with Gasteiger partial charge in [0.15, 0.2) is 5.78 Å². The van der Waals surface area contributed by atoms with Crippen molar-refractivity contribution in [2.75, 3.05) is 0 Å². The van der Waals surface area contributed by atoms with Crippen molar-refractivity contribution in [1.29, 1.82) is 0 Å². The minimum absolute atomic E-state index is 0. The van der Waals surface area contributed by atoms with Gasteiger partial charge in [-0.25, -0.2) is 4.79 Å². The number of aliphatic hydroxyl groups is 1. The molecular formula is C21H39CsO4. The molecular weight excluding hydrogens is 449 g/mol. The number of carboxylic acid groups (broad SMARTS) is 1. The molecule has 0 amide bonds. The van der Waals surface area contributed by atoms with Gasteiger partial charge in [-0.2, -0.15) is 0 Å². The molecule has 0 radical (unpaired) electrons. The van der Waals surface area contributed by atoms with E-state index in [1.54, 1.807) is 0 Å². The third-order valence-corrected chi connectivity index (χ3v) is 4.63. The Balaban J connectivity index is -0.00000288. The SMILES string of the molecule is CCCCCCCC/C=C\CCCCCCCC(=O)C(C)(O)C(=O)O.[Cs+].[H-]. The first-order valence-electron chi connectivity index (χ1n) is 10.1. The molecule has 0 rings (SSSR count). The van der Waals surface area contributed by atoms with E-state index in [0.717, 1.165) is 39.0 Å². The van der Waals surface area contributed by atoms with Crippen LogP contribution in [0.15, 0.2) is 12.2 Å². The number of hydrogen-bond donors (Lipinski definition) is 2. The van der Waals surface area contributed by atoms with Crippen LogP contribution in [0.25, 0.3) is 0 Å². The molecule has 2 N–H and O–H groups in total. The zero-order valence-corrected chi connectivity index (χ0v) is 23.5. The van der Waals surface area contributed by atoms with Gasteiger partial charge in [0.1, 0.15) is 0 Å². The molecule has 0 aromatic heterocycles. The van der Waals surface area contributed by atoms with E-state index in [4.69, 9.17) is 5.11 Å². The summed E-state index contributed by atoms with van der Waals surface area (Å²) >= 11 is 0. The molecule has 4 nitrogen and oxygen atoms in total. The van der Waals surface area contributed by atoms with Crippen molar-refractivity contribution in [3.05, 3.63) is 12.2 Å².